The first-order valence-electron chi connectivity index (χ1n) is 7.34. The Morgan fingerprint density at radius 3 is 2.75 bits per heavy atom. The van der Waals surface area contributed by atoms with Crippen LogP contribution in [0.25, 0.3) is 11.2 Å². The topological polar surface area (TPSA) is 34.0 Å². The maximum absolute atomic E-state index is 6.25. The third-order valence-corrected chi connectivity index (χ3v) is 3.83. The largest absolute Gasteiger partial charge is 0.311 e. The van der Waals surface area contributed by atoms with Gasteiger partial charge in [0.2, 0.25) is 0 Å². The van der Waals surface area contributed by atoms with Crippen LogP contribution < -0.4 is 0 Å². The number of alkyl halides is 1. The molecule has 5 heteroatoms. The molecule has 0 radical (unpaired) electrons. The lowest BCUT2D eigenvalue weighted by Gasteiger charge is -2.18. The Kier molecular flexibility index (Phi) is 5.38. The van der Waals surface area contributed by atoms with E-state index in [0.29, 0.717) is 0 Å². The van der Waals surface area contributed by atoms with Crippen LogP contribution in [0.2, 0.25) is 0 Å². The smallest absolute Gasteiger partial charge is 0.160 e. The molecule has 0 fully saturated rings. The van der Waals surface area contributed by atoms with Crippen LogP contribution in [0.5, 0.6) is 0 Å². The third-order valence-electron chi connectivity index (χ3n) is 3.64. The number of rotatable bonds is 7. The fourth-order valence-corrected chi connectivity index (χ4v) is 2.66. The van der Waals surface area contributed by atoms with Crippen molar-refractivity contribution in [1.29, 1.82) is 0 Å². The molecule has 0 bridgehead atoms. The fraction of sp³-hybridized carbons (Fsp3) is 0.600. The van der Waals surface area contributed by atoms with Gasteiger partial charge < -0.3 is 9.47 Å². The van der Waals surface area contributed by atoms with E-state index in [0.717, 1.165) is 49.6 Å². The Morgan fingerprint density at radius 2 is 2.10 bits per heavy atom. The van der Waals surface area contributed by atoms with Crippen molar-refractivity contribution in [3.63, 3.8) is 0 Å². The predicted molar refractivity (Wildman–Crippen MR) is 84.2 cm³/mol. The van der Waals surface area contributed by atoms with Gasteiger partial charge in [-0.2, -0.15) is 0 Å². The number of aryl methyl sites for hydroxylation is 1. The molecule has 0 spiro atoms. The van der Waals surface area contributed by atoms with E-state index in [1.54, 1.807) is 0 Å². The molecule has 0 amide bonds. The van der Waals surface area contributed by atoms with Gasteiger partial charge in [-0.3, -0.25) is 0 Å². The number of hydrogen-bond acceptors (Lipinski definition) is 3. The van der Waals surface area contributed by atoms with Crippen LogP contribution in [0.3, 0.4) is 0 Å². The standard InChI is InChI=1S/C15H23ClN4/c1-4-19(5-2)10-7-11-20-14(12(3)16)18-13-8-6-9-17-15(13)20/h6,8-9,12H,4-5,7,10-11H2,1-3H3. The molecule has 1 unspecified atom stereocenters. The molecule has 0 N–H and O–H groups in total. The van der Waals surface area contributed by atoms with E-state index in [4.69, 9.17) is 11.6 Å². The van der Waals surface area contributed by atoms with Gasteiger partial charge in [0.05, 0.1) is 5.38 Å². The maximum atomic E-state index is 6.25. The number of hydrogen-bond donors (Lipinski definition) is 0. The third kappa shape index (κ3) is 3.30. The Labute approximate surface area is 125 Å². The van der Waals surface area contributed by atoms with Crippen LogP contribution >= 0.6 is 11.6 Å². The summed E-state index contributed by atoms with van der Waals surface area (Å²) in [5, 5.41) is -0.0994. The Hall–Kier alpha value is -1.13. The summed E-state index contributed by atoms with van der Waals surface area (Å²) in [7, 11) is 0. The highest BCUT2D eigenvalue weighted by atomic mass is 35.5. The summed E-state index contributed by atoms with van der Waals surface area (Å²) in [5.41, 5.74) is 1.87. The van der Waals surface area contributed by atoms with Crippen LogP contribution in [-0.4, -0.2) is 39.1 Å². The van der Waals surface area contributed by atoms with Crippen molar-refractivity contribution in [3.05, 3.63) is 24.2 Å². The lowest BCUT2D eigenvalue weighted by Crippen LogP contribution is -2.25. The molecular formula is C15H23ClN4. The second-order valence-corrected chi connectivity index (χ2v) is 5.62. The summed E-state index contributed by atoms with van der Waals surface area (Å²) >= 11 is 6.25. The predicted octanol–water partition coefficient (Wildman–Crippen LogP) is 3.46. The zero-order valence-electron chi connectivity index (χ0n) is 12.5. The summed E-state index contributed by atoms with van der Waals surface area (Å²) in [6, 6.07) is 3.91. The van der Waals surface area contributed by atoms with Gasteiger partial charge in [0.1, 0.15) is 11.3 Å². The zero-order chi connectivity index (χ0) is 14.5. The van der Waals surface area contributed by atoms with Crippen LogP contribution in [0.4, 0.5) is 0 Å². The Balaban J connectivity index is 2.17. The second-order valence-electron chi connectivity index (χ2n) is 4.96. The normalized spacial score (nSPS) is 13.2. The molecule has 2 rings (SSSR count). The summed E-state index contributed by atoms with van der Waals surface area (Å²) in [6.07, 6.45) is 2.90. The summed E-state index contributed by atoms with van der Waals surface area (Å²) in [6.45, 7) is 10.6. The minimum absolute atomic E-state index is 0.0994. The van der Waals surface area contributed by atoms with E-state index in [9.17, 15) is 0 Å². The lowest BCUT2D eigenvalue weighted by atomic mass is 10.3. The number of halogens is 1. The molecule has 0 saturated heterocycles. The summed E-state index contributed by atoms with van der Waals surface area (Å²) in [5.74, 6) is 0.917. The van der Waals surface area contributed by atoms with E-state index in [1.165, 1.54) is 0 Å². The average Bonchev–Trinajstić information content (AvgIpc) is 2.83. The molecule has 110 valence electrons. The first kappa shape index (κ1) is 15.3. The number of fused-ring (bicyclic) bond motifs is 1. The summed E-state index contributed by atoms with van der Waals surface area (Å²) < 4.78 is 2.16. The van der Waals surface area contributed by atoms with Crippen molar-refractivity contribution in [2.24, 2.45) is 0 Å². The van der Waals surface area contributed by atoms with Gasteiger partial charge in [-0.15, -0.1) is 11.6 Å². The highest BCUT2D eigenvalue weighted by Gasteiger charge is 2.15. The minimum Gasteiger partial charge on any atom is -0.311 e. The van der Waals surface area contributed by atoms with Gasteiger partial charge in [0.15, 0.2) is 5.65 Å². The van der Waals surface area contributed by atoms with Crippen LogP contribution in [0.15, 0.2) is 18.3 Å². The van der Waals surface area contributed by atoms with Crippen molar-refractivity contribution in [1.82, 2.24) is 19.4 Å². The molecule has 0 aliphatic heterocycles. The maximum Gasteiger partial charge on any atom is 0.160 e. The molecule has 4 nitrogen and oxygen atoms in total. The Bertz CT molecular complexity index is 546. The molecule has 0 aliphatic rings. The molecule has 0 saturated carbocycles. The SMILES string of the molecule is CCN(CC)CCCn1c(C(C)Cl)nc2cccnc21. The first-order chi connectivity index (χ1) is 9.67. The van der Waals surface area contributed by atoms with Crippen molar-refractivity contribution in [3.8, 4) is 0 Å². The monoisotopic (exact) mass is 294 g/mol. The fourth-order valence-electron chi connectivity index (χ4n) is 2.49. The van der Waals surface area contributed by atoms with Crippen LogP contribution in [0.1, 0.15) is 38.4 Å². The first-order valence-corrected chi connectivity index (χ1v) is 7.78. The number of nitrogens with zero attached hydrogens (tertiary/aromatic N) is 4. The van der Waals surface area contributed by atoms with Crippen LogP contribution in [-0.2, 0) is 6.54 Å². The van der Waals surface area contributed by atoms with Gasteiger partial charge in [0, 0.05) is 12.7 Å². The zero-order valence-corrected chi connectivity index (χ0v) is 13.3. The van der Waals surface area contributed by atoms with Gasteiger partial charge in [-0.05, 0) is 45.1 Å². The minimum atomic E-state index is -0.0994. The molecule has 0 aromatic carbocycles. The molecule has 2 heterocycles. The van der Waals surface area contributed by atoms with E-state index in [-0.39, 0.29) is 5.38 Å². The molecule has 0 aliphatic carbocycles. The second kappa shape index (κ2) is 7.04. The van der Waals surface area contributed by atoms with Crippen molar-refractivity contribution < 1.29 is 0 Å². The van der Waals surface area contributed by atoms with Crippen molar-refractivity contribution in [2.75, 3.05) is 19.6 Å². The number of pyridine rings is 1. The van der Waals surface area contributed by atoms with Gasteiger partial charge in [-0.25, -0.2) is 9.97 Å². The van der Waals surface area contributed by atoms with E-state index < -0.39 is 0 Å². The van der Waals surface area contributed by atoms with Gasteiger partial charge in [-0.1, -0.05) is 13.8 Å². The highest BCUT2D eigenvalue weighted by molar-refractivity contribution is 6.20. The van der Waals surface area contributed by atoms with E-state index >= 15 is 0 Å². The van der Waals surface area contributed by atoms with Gasteiger partial charge >= 0.3 is 0 Å². The van der Waals surface area contributed by atoms with E-state index in [1.807, 2.05) is 25.3 Å². The Morgan fingerprint density at radius 1 is 1.35 bits per heavy atom. The number of imidazole rings is 1. The van der Waals surface area contributed by atoms with E-state index in [2.05, 4.69) is 33.3 Å². The molecule has 2 aromatic heterocycles. The molecule has 1 atom stereocenters. The van der Waals surface area contributed by atoms with Crippen molar-refractivity contribution in [2.45, 2.75) is 39.1 Å². The molecular weight excluding hydrogens is 272 g/mol. The lowest BCUT2D eigenvalue weighted by molar-refractivity contribution is 0.293. The molecule has 2 aromatic rings. The van der Waals surface area contributed by atoms with Crippen molar-refractivity contribution >= 4 is 22.8 Å². The number of aromatic nitrogens is 3. The highest BCUT2D eigenvalue weighted by Crippen LogP contribution is 2.23. The summed E-state index contributed by atoms with van der Waals surface area (Å²) in [4.78, 5) is 11.5. The van der Waals surface area contributed by atoms with Gasteiger partial charge in [0.25, 0.3) is 0 Å². The van der Waals surface area contributed by atoms with Crippen LogP contribution in [0, 0.1) is 0 Å². The quantitative estimate of drug-likeness (QED) is 0.733. The molecule has 20 heavy (non-hydrogen) atoms. The average molecular weight is 295 g/mol.